The maximum absolute atomic E-state index is 12.4. The standard InChI is InChI=1S/C11H13Cl2NO3S/c12-8-3-4-10(13)11(6-8)18(16,17)14-5-1-2-9(14)7-15/h3-4,6,9,15H,1-2,5,7H2/t9-/m0/s1. The summed E-state index contributed by atoms with van der Waals surface area (Å²) in [7, 11) is -3.70. The number of sulfonamides is 1. The van der Waals surface area contributed by atoms with Crippen LogP contribution in [0.25, 0.3) is 0 Å². The third-order valence-electron chi connectivity index (χ3n) is 3.01. The highest BCUT2D eigenvalue weighted by Crippen LogP contribution is 2.31. The van der Waals surface area contributed by atoms with Crippen molar-refractivity contribution in [2.45, 2.75) is 23.8 Å². The molecule has 100 valence electrons. The Morgan fingerprint density at radius 2 is 2.11 bits per heavy atom. The largest absolute Gasteiger partial charge is 0.395 e. The molecule has 18 heavy (non-hydrogen) atoms. The lowest BCUT2D eigenvalue weighted by atomic mass is 10.2. The van der Waals surface area contributed by atoms with Gasteiger partial charge in [-0.25, -0.2) is 8.42 Å². The molecule has 1 N–H and O–H groups in total. The summed E-state index contributed by atoms with van der Waals surface area (Å²) in [4.78, 5) is -0.00276. The lowest BCUT2D eigenvalue weighted by molar-refractivity contribution is 0.213. The maximum Gasteiger partial charge on any atom is 0.244 e. The van der Waals surface area contributed by atoms with Crippen LogP contribution in [0.3, 0.4) is 0 Å². The lowest BCUT2D eigenvalue weighted by Crippen LogP contribution is -2.37. The molecule has 1 aliphatic heterocycles. The van der Waals surface area contributed by atoms with Crippen LogP contribution in [0.4, 0.5) is 0 Å². The monoisotopic (exact) mass is 309 g/mol. The molecule has 0 unspecified atom stereocenters. The van der Waals surface area contributed by atoms with Gasteiger partial charge >= 0.3 is 0 Å². The van der Waals surface area contributed by atoms with Crippen LogP contribution in [0.15, 0.2) is 23.1 Å². The van der Waals surface area contributed by atoms with Crippen molar-refractivity contribution in [1.29, 1.82) is 0 Å². The van der Waals surface area contributed by atoms with Gasteiger partial charge in [-0.1, -0.05) is 23.2 Å². The fraction of sp³-hybridized carbons (Fsp3) is 0.455. The van der Waals surface area contributed by atoms with Crippen molar-refractivity contribution < 1.29 is 13.5 Å². The fourth-order valence-electron chi connectivity index (χ4n) is 2.11. The minimum atomic E-state index is -3.70. The highest BCUT2D eigenvalue weighted by atomic mass is 35.5. The fourth-order valence-corrected chi connectivity index (χ4v) is 4.53. The van der Waals surface area contributed by atoms with Crippen LogP contribution in [0.1, 0.15) is 12.8 Å². The Hall–Kier alpha value is -0.330. The van der Waals surface area contributed by atoms with Gasteiger partial charge in [-0.3, -0.25) is 0 Å². The van der Waals surface area contributed by atoms with Gasteiger partial charge in [-0.2, -0.15) is 4.31 Å². The van der Waals surface area contributed by atoms with Crippen LogP contribution in [-0.4, -0.2) is 37.0 Å². The van der Waals surface area contributed by atoms with Gasteiger partial charge in [-0.05, 0) is 31.0 Å². The van der Waals surface area contributed by atoms with E-state index in [1.165, 1.54) is 22.5 Å². The summed E-state index contributed by atoms with van der Waals surface area (Å²) in [5.41, 5.74) is 0. The lowest BCUT2D eigenvalue weighted by Gasteiger charge is -2.23. The molecule has 1 aromatic rings. The number of nitrogens with zero attached hydrogens (tertiary/aromatic N) is 1. The number of hydrogen-bond donors (Lipinski definition) is 1. The summed E-state index contributed by atoms with van der Waals surface area (Å²) in [5, 5.41) is 9.66. The van der Waals surface area contributed by atoms with Gasteiger partial charge in [0, 0.05) is 17.6 Å². The van der Waals surface area contributed by atoms with Gasteiger partial charge in [0.25, 0.3) is 0 Å². The Labute approximate surface area is 116 Å². The van der Waals surface area contributed by atoms with Gasteiger partial charge < -0.3 is 5.11 Å². The number of benzene rings is 1. The Morgan fingerprint density at radius 1 is 1.39 bits per heavy atom. The summed E-state index contributed by atoms with van der Waals surface area (Å²) < 4.78 is 26.2. The number of rotatable bonds is 3. The Balaban J connectivity index is 2.45. The first-order valence-electron chi connectivity index (χ1n) is 5.54. The van der Waals surface area contributed by atoms with Crippen LogP contribution in [0, 0.1) is 0 Å². The van der Waals surface area contributed by atoms with Crippen LogP contribution < -0.4 is 0 Å². The van der Waals surface area contributed by atoms with Gasteiger partial charge in [0.1, 0.15) is 4.90 Å². The summed E-state index contributed by atoms with van der Waals surface area (Å²) in [6, 6.07) is 3.97. The first-order chi connectivity index (χ1) is 8.46. The van der Waals surface area contributed by atoms with Crippen molar-refractivity contribution in [3.05, 3.63) is 28.2 Å². The minimum Gasteiger partial charge on any atom is -0.395 e. The zero-order chi connectivity index (χ0) is 13.3. The van der Waals surface area contributed by atoms with Gasteiger partial charge in [0.15, 0.2) is 0 Å². The molecule has 7 heteroatoms. The third-order valence-corrected chi connectivity index (χ3v) is 5.68. The van der Waals surface area contributed by atoms with E-state index in [1.807, 2.05) is 0 Å². The van der Waals surface area contributed by atoms with E-state index in [4.69, 9.17) is 23.2 Å². The first kappa shape index (κ1) is 14.1. The second-order valence-electron chi connectivity index (χ2n) is 4.17. The van der Waals surface area contributed by atoms with E-state index in [2.05, 4.69) is 0 Å². The van der Waals surface area contributed by atoms with E-state index in [1.54, 1.807) is 0 Å². The highest BCUT2D eigenvalue weighted by molar-refractivity contribution is 7.89. The summed E-state index contributed by atoms with van der Waals surface area (Å²) in [5.74, 6) is 0. The average molecular weight is 310 g/mol. The molecule has 1 aromatic carbocycles. The number of aliphatic hydroxyl groups excluding tert-OH is 1. The molecular weight excluding hydrogens is 297 g/mol. The van der Waals surface area contributed by atoms with E-state index in [0.717, 1.165) is 6.42 Å². The molecule has 0 spiro atoms. The molecule has 0 bridgehead atoms. The molecular formula is C11H13Cl2NO3S. The Morgan fingerprint density at radius 3 is 2.78 bits per heavy atom. The van der Waals surface area contributed by atoms with E-state index in [9.17, 15) is 13.5 Å². The molecule has 0 aliphatic carbocycles. The van der Waals surface area contributed by atoms with E-state index < -0.39 is 10.0 Å². The van der Waals surface area contributed by atoms with E-state index in [-0.39, 0.29) is 22.6 Å². The van der Waals surface area contributed by atoms with Crippen molar-refractivity contribution in [1.82, 2.24) is 4.31 Å². The van der Waals surface area contributed by atoms with E-state index in [0.29, 0.717) is 18.0 Å². The molecule has 2 rings (SSSR count). The van der Waals surface area contributed by atoms with Crippen LogP contribution in [0.5, 0.6) is 0 Å². The minimum absolute atomic E-state index is 0.00276. The second kappa shape index (κ2) is 5.35. The zero-order valence-corrected chi connectivity index (χ0v) is 11.8. The molecule has 0 amide bonds. The number of halogens is 2. The van der Waals surface area contributed by atoms with Crippen molar-refractivity contribution in [3.63, 3.8) is 0 Å². The summed E-state index contributed by atoms with van der Waals surface area (Å²) >= 11 is 11.7. The molecule has 1 atom stereocenters. The van der Waals surface area contributed by atoms with Crippen LogP contribution >= 0.6 is 23.2 Å². The van der Waals surface area contributed by atoms with Crippen LogP contribution in [-0.2, 0) is 10.0 Å². The number of hydrogen-bond acceptors (Lipinski definition) is 3. The van der Waals surface area contributed by atoms with Crippen molar-refractivity contribution in [2.24, 2.45) is 0 Å². The number of aliphatic hydroxyl groups is 1. The normalized spacial score (nSPS) is 21.4. The van der Waals surface area contributed by atoms with Crippen LogP contribution in [0.2, 0.25) is 10.0 Å². The maximum atomic E-state index is 12.4. The molecule has 4 nitrogen and oxygen atoms in total. The Bertz CT molecular complexity index is 547. The molecule has 0 saturated carbocycles. The first-order valence-corrected chi connectivity index (χ1v) is 7.74. The zero-order valence-electron chi connectivity index (χ0n) is 9.51. The molecule has 1 fully saturated rings. The van der Waals surface area contributed by atoms with Gasteiger partial charge in [0.05, 0.1) is 11.6 Å². The van der Waals surface area contributed by atoms with Gasteiger partial charge in [0.2, 0.25) is 10.0 Å². The highest BCUT2D eigenvalue weighted by Gasteiger charge is 2.35. The van der Waals surface area contributed by atoms with Crippen molar-refractivity contribution in [3.8, 4) is 0 Å². The quantitative estimate of drug-likeness (QED) is 0.930. The summed E-state index contributed by atoms with van der Waals surface area (Å²) in [6.07, 6.45) is 1.40. The summed E-state index contributed by atoms with van der Waals surface area (Å²) in [6.45, 7) is 0.216. The molecule has 1 heterocycles. The van der Waals surface area contributed by atoms with E-state index >= 15 is 0 Å². The molecule has 0 aromatic heterocycles. The second-order valence-corrected chi connectivity index (χ2v) is 6.87. The van der Waals surface area contributed by atoms with Gasteiger partial charge in [-0.15, -0.1) is 0 Å². The molecule has 1 aliphatic rings. The third kappa shape index (κ3) is 2.51. The average Bonchev–Trinajstić information content (AvgIpc) is 2.81. The molecule has 1 saturated heterocycles. The van der Waals surface area contributed by atoms with Crippen molar-refractivity contribution >= 4 is 33.2 Å². The van der Waals surface area contributed by atoms with Crippen molar-refractivity contribution in [2.75, 3.05) is 13.2 Å². The predicted molar refractivity (Wildman–Crippen MR) is 70.5 cm³/mol. The Kier molecular flexibility index (Phi) is 4.18. The predicted octanol–water partition coefficient (Wildman–Crippen LogP) is 2.14. The topological polar surface area (TPSA) is 57.6 Å². The molecule has 0 radical (unpaired) electrons. The SMILES string of the molecule is O=S(=O)(c1cc(Cl)ccc1Cl)N1CCC[C@H]1CO. The smallest absolute Gasteiger partial charge is 0.244 e.